The van der Waals surface area contributed by atoms with Crippen molar-refractivity contribution in [2.75, 3.05) is 12.4 Å². The third-order valence-electron chi connectivity index (χ3n) is 4.45. The fraction of sp³-hybridized carbons (Fsp3) is 0.0417. The molecule has 31 heavy (non-hydrogen) atoms. The van der Waals surface area contributed by atoms with Gasteiger partial charge in [0, 0.05) is 27.9 Å². The largest absolute Gasteiger partial charge is 0.497 e. The van der Waals surface area contributed by atoms with Crippen LogP contribution in [0, 0.1) is 0 Å². The van der Waals surface area contributed by atoms with Crippen molar-refractivity contribution in [1.82, 2.24) is 9.97 Å². The average molecular weight is 432 g/mol. The number of halogens is 1. The van der Waals surface area contributed by atoms with E-state index in [4.69, 9.17) is 21.1 Å². The molecule has 0 unspecified atom stereocenters. The molecule has 4 rings (SSSR count). The third-order valence-corrected chi connectivity index (χ3v) is 4.70. The van der Waals surface area contributed by atoms with E-state index >= 15 is 0 Å². The van der Waals surface area contributed by atoms with E-state index in [1.54, 1.807) is 79.9 Å². The van der Waals surface area contributed by atoms with E-state index in [2.05, 4.69) is 15.3 Å². The standard InChI is InChI=1S/C24H18ClN3O3/c1-30-20-9-11-21(12-10-20)31-23-14-22(26-15-27-23)16-3-2-4-17(13-16)24(29)28-19-7-5-18(25)6-8-19/h2-15H,1H3,(H,28,29). The number of benzene rings is 3. The number of rotatable bonds is 6. The molecule has 0 fully saturated rings. The van der Waals surface area contributed by atoms with Gasteiger partial charge in [-0.15, -0.1) is 0 Å². The molecular weight excluding hydrogens is 414 g/mol. The summed E-state index contributed by atoms with van der Waals surface area (Å²) in [6.45, 7) is 0. The summed E-state index contributed by atoms with van der Waals surface area (Å²) in [7, 11) is 1.61. The van der Waals surface area contributed by atoms with Crippen molar-refractivity contribution in [3.8, 4) is 28.6 Å². The van der Waals surface area contributed by atoms with E-state index in [-0.39, 0.29) is 5.91 Å². The van der Waals surface area contributed by atoms with E-state index < -0.39 is 0 Å². The summed E-state index contributed by atoms with van der Waals surface area (Å²) in [6.07, 6.45) is 1.43. The van der Waals surface area contributed by atoms with Gasteiger partial charge in [-0.25, -0.2) is 9.97 Å². The zero-order valence-corrected chi connectivity index (χ0v) is 17.3. The Bertz CT molecular complexity index is 1200. The maximum absolute atomic E-state index is 12.6. The quantitative estimate of drug-likeness (QED) is 0.414. The van der Waals surface area contributed by atoms with Crippen LogP contribution < -0.4 is 14.8 Å². The maximum atomic E-state index is 12.6. The molecule has 0 atom stereocenters. The molecule has 0 radical (unpaired) electrons. The van der Waals surface area contributed by atoms with Crippen molar-refractivity contribution in [3.63, 3.8) is 0 Å². The number of aromatic nitrogens is 2. The van der Waals surface area contributed by atoms with Gasteiger partial charge in [0.15, 0.2) is 0 Å². The molecule has 0 saturated heterocycles. The van der Waals surface area contributed by atoms with Crippen LogP contribution in [0.4, 0.5) is 5.69 Å². The van der Waals surface area contributed by atoms with Crippen molar-refractivity contribution >= 4 is 23.2 Å². The first kappa shape index (κ1) is 20.4. The van der Waals surface area contributed by atoms with Gasteiger partial charge in [0.1, 0.15) is 17.8 Å². The molecule has 1 amide bonds. The molecule has 1 aromatic heterocycles. The predicted molar refractivity (Wildman–Crippen MR) is 120 cm³/mol. The van der Waals surface area contributed by atoms with Gasteiger partial charge >= 0.3 is 0 Å². The van der Waals surface area contributed by atoms with Crippen LogP contribution in [0.3, 0.4) is 0 Å². The first-order valence-corrected chi connectivity index (χ1v) is 9.80. The van der Waals surface area contributed by atoms with Gasteiger partial charge in [0.2, 0.25) is 5.88 Å². The van der Waals surface area contributed by atoms with Gasteiger partial charge in [0.25, 0.3) is 5.91 Å². The fourth-order valence-electron chi connectivity index (χ4n) is 2.87. The predicted octanol–water partition coefficient (Wildman–Crippen LogP) is 5.85. The second-order valence-corrected chi connectivity index (χ2v) is 7.00. The van der Waals surface area contributed by atoms with Crippen molar-refractivity contribution in [3.05, 3.63) is 95.8 Å². The third kappa shape index (κ3) is 5.18. The van der Waals surface area contributed by atoms with Gasteiger partial charge in [-0.2, -0.15) is 0 Å². The molecular formula is C24H18ClN3O3. The lowest BCUT2D eigenvalue weighted by Crippen LogP contribution is -2.11. The highest BCUT2D eigenvalue weighted by molar-refractivity contribution is 6.30. The number of carbonyl (C=O) groups is 1. The van der Waals surface area contributed by atoms with Gasteiger partial charge in [-0.3, -0.25) is 4.79 Å². The van der Waals surface area contributed by atoms with Crippen LogP contribution in [0.1, 0.15) is 10.4 Å². The summed E-state index contributed by atoms with van der Waals surface area (Å²) >= 11 is 5.89. The summed E-state index contributed by atoms with van der Waals surface area (Å²) in [4.78, 5) is 21.1. The normalized spacial score (nSPS) is 10.4. The second kappa shape index (κ2) is 9.28. The number of anilines is 1. The van der Waals surface area contributed by atoms with Crippen molar-refractivity contribution in [2.24, 2.45) is 0 Å². The number of amides is 1. The van der Waals surface area contributed by atoms with Crippen molar-refractivity contribution in [2.45, 2.75) is 0 Å². The highest BCUT2D eigenvalue weighted by Crippen LogP contribution is 2.26. The van der Waals surface area contributed by atoms with E-state index in [0.29, 0.717) is 33.6 Å². The minimum atomic E-state index is -0.229. The Morgan fingerprint density at radius 2 is 1.65 bits per heavy atom. The van der Waals surface area contributed by atoms with Gasteiger partial charge in [-0.05, 0) is 60.7 Å². The highest BCUT2D eigenvalue weighted by atomic mass is 35.5. The van der Waals surface area contributed by atoms with E-state index in [0.717, 1.165) is 11.3 Å². The Hall–Kier alpha value is -3.90. The lowest BCUT2D eigenvalue weighted by atomic mass is 10.1. The first-order chi connectivity index (χ1) is 15.1. The topological polar surface area (TPSA) is 73.3 Å². The van der Waals surface area contributed by atoms with E-state index in [9.17, 15) is 4.79 Å². The number of hydrogen-bond acceptors (Lipinski definition) is 5. The minimum absolute atomic E-state index is 0.229. The monoisotopic (exact) mass is 431 g/mol. The molecule has 7 heteroatoms. The lowest BCUT2D eigenvalue weighted by molar-refractivity contribution is 0.102. The molecule has 0 saturated carbocycles. The molecule has 154 valence electrons. The van der Waals surface area contributed by atoms with Crippen molar-refractivity contribution < 1.29 is 14.3 Å². The molecule has 0 aliphatic heterocycles. The summed E-state index contributed by atoms with van der Waals surface area (Å²) in [5.74, 6) is 1.53. The van der Waals surface area contributed by atoms with Crippen LogP contribution in [-0.4, -0.2) is 23.0 Å². The fourth-order valence-corrected chi connectivity index (χ4v) is 3.00. The van der Waals surface area contributed by atoms with Crippen LogP contribution in [0.2, 0.25) is 5.02 Å². The smallest absolute Gasteiger partial charge is 0.255 e. The van der Waals surface area contributed by atoms with E-state index in [1.165, 1.54) is 6.33 Å². The minimum Gasteiger partial charge on any atom is -0.497 e. The SMILES string of the molecule is COc1ccc(Oc2cc(-c3cccc(C(=O)Nc4ccc(Cl)cc4)c3)ncn2)cc1. The highest BCUT2D eigenvalue weighted by Gasteiger charge is 2.10. The lowest BCUT2D eigenvalue weighted by Gasteiger charge is -2.09. The van der Waals surface area contributed by atoms with Crippen LogP contribution in [0.25, 0.3) is 11.3 Å². The number of carbonyl (C=O) groups excluding carboxylic acids is 1. The molecule has 0 spiro atoms. The molecule has 4 aromatic rings. The number of nitrogens with zero attached hydrogens (tertiary/aromatic N) is 2. The Balaban J connectivity index is 1.52. The van der Waals surface area contributed by atoms with Crippen LogP contribution >= 0.6 is 11.6 Å². The Kier molecular flexibility index (Phi) is 6.10. The van der Waals surface area contributed by atoms with Crippen LogP contribution in [0.5, 0.6) is 17.4 Å². The van der Waals surface area contributed by atoms with Gasteiger partial charge < -0.3 is 14.8 Å². The number of ether oxygens (including phenoxy) is 2. The van der Waals surface area contributed by atoms with Crippen molar-refractivity contribution in [1.29, 1.82) is 0 Å². The molecule has 3 aromatic carbocycles. The van der Waals surface area contributed by atoms with Crippen LogP contribution in [0.15, 0.2) is 85.2 Å². The second-order valence-electron chi connectivity index (χ2n) is 6.56. The number of nitrogens with one attached hydrogen (secondary N) is 1. The van der Waals surface area contributed by atoms with Gasteiger partial charge in [-0.1, -0.05) is 23.7 Å². The zero-order chi connectivity index (χ0) is 21.6. The molecule has 0 aliphatic carbocycles. The Morgan fingerprint density at radius 1 is 0.903 bits per heavy atom. The maximum Gasteiger partial charge on any atom is 0.255 e. The summed E-state index contributed by atoms with van der Waals surface area (Å²) < 4.78 is 11.0. The molecule has 0 bridgehead atoms. The summed E-state index contributed by atoms with van der Waals surface area (Å²) in [6, 6.07) is 23.0. The number of hydrogen-bond donors (Lipinski definition) is 1. The Labute approximate surface area is 184 Å². The average Bonchev–Trinajstić information content (AvgIpc) is 2.81. The Morgan fingerprint density at radius 3 is 2.39 bits per heavy atom. The van der Waals surface area contributed by atoms with E-state index in [1.807, 2.05) is 6.07 Å². The van der Waals surface area contributed by atoms with Crippen LogP contribution in [-0.2, 0) is 0 Å². The molecule has 1 N–H and O–H groups in total. The molecule has 0 aliphatic rings. The summed E-state index contributed by atoms with van der Waals surface area (Å²) in [5.41, 5.74) is 2.58. The zero-order valence-electron chi connectivity index (χ0n) is 16.6. The molecule has 6 nitrogen and oxygen atoms in total. The number of methoxy groups -OCH3 is 1. The van der Waals surface area contributed by atoms with Gasteiger partial charge in [0.05, 0.1) is 12.8 Å². The molecule has 1 heterocycles. The first-order valence-electron chi connectivity index (χ1n) is 9.42. The summed E-state index contributed by atoms with van der Waals surface area (Å²) in [5, 5.41) is 3.46.